The van der Waals surface area contributed by atoms with Crippen molar-refractivity contribution in [2.45, 2.75) is 25.9 Å². The van der Waals surface area contributed by atoms with E-state index in [2.05, 4.69) is 0 Å². The number of halogens is 1. The molecule has 0 aromatic heterocycles. The van der Waals surface area contributed by atoms with Crippen LogP contribution in [0.25, 0.3) is 21.5 Å². The predicted molar refractivity (Wildman–Crippen MR) is 115 cm³/mol. The zero-order valence-corrected chi connectivity index (χ0v) is 17.4. The smallest absolute Gasteiger partial charge is 0.410 e. The number of hydrogen-bond acceptors (Lipinski definition) is 4. The van der Waals surface area contributed by atoms with Gasteiger partial charge in [0.1, 0.15) is 18.1 Å². The summed E-state index contributed by atoms with van der Waals surface area (Å²) in [7, 11) is 3.28. The molecule has 1 aliphatic heterocycles. The van der Waals surface area contributed by atoms with E-state index in [0.717, 1.165) is 58.8 Å². The van der Waals surface area contributed by atoms with Crippen molar-refractivity contribution in [3.8, 4) is 11.5 Å². The first-order chi connectivity index (χ1) is 14.1. The van der Waals surface area contributed by atoms with Crippen LogP contribution in [0.1, 0.15) is 24.8 Å². The standard InChI is InChI=1S/C23H24ClNO4/c1-27-21-16-10-9-15(14-29-23(26)25-11-4-3-5-12-25)13-18(16)22(28-2)20-17(21)7-6-8-19(20)24/h6-10,13H,3-5,11-12,14H2,1-2H3. The molecule has 6 heteroatoms. The number of rotatable bonds is 4. The summed E-state index contributed by atoms with van der Waals surface area (Å²) in [6.45, 7) is 1.75. The number of ether oxygens (including phenoxy) is 3. The van der Waals surface area contributed by atoms with Gasteiger partial charge in [-0.3, -0.25) is 0 Å². The number of fused-ring (bicyclic) bond motifs is 2. The molecule has 1 saturated heterocycles. The van der Waals surface area contributed by atoms with Gasteiger partial charge in [0.05, 0.1) is 19.2 Å². The minimum Gasteiger partial charge on any atom is -0.495 e. The van der Waals surface area contributed by atoms with E-state index in [0.29, 0.717) is 10.8 Å². The number of benzene rings is 3. The van der Waals surface area contributed by atoms with Crippen molar-refractivity contribution in [3.63, 3.8) is 0 Å². The van der Waals surface area contributed by atoms with Crippen LogP contribution < -0.4 is 9.47 Å². The van der Waals surface area contributed by atoms with Gasteiger partial charge in [-0.2, -0.15) is 0 Å². The second-order valence-corrected chi connectivity index (χ2v) is 7.62. The van der Waals surface area contributed by atoms with Crippen LogP contribution in [-0.4, -0.2) is 38.3 Å². The number of amides is 1. The predicted octanol–water partition coefficient (Wildman–Crippen LogP) is 5.79. The lowest BCUT2D eigenvalue weighted by Gasteiger charge is -2.25. The van der Waals surface area contributed by atoms with Crippen molar-refractivity contribution in [1.82, 2.24) is 4.90 Å². The summed E-state index contributed by atoms with van der Waals surface area (Å²) in [4.78, 5) is 14.1. The van der Waals surface area contributed by atoms with Crippen LogP contribution in [-0.2, 0) is 11.3 Å². The molecular weight excluding hydrogens is 390 g/mol. The zero-order chi connectivity index (χ0) is 20.4. The normalized spacial score (nSPS) is 14.2. The minimum atomic E-state index is -0.254. The van der Waals surface area contributed by atoms with Crippen LogP contribution in [0.15, 0.2) is 36.4 Å². The van der Waals surface area contributed by atoms with E-state index in [4.69, 9.17) is 25.8 Å². The molecular formula is C23H24ClNO4. The molecule has 3 aromatic rings. The molecule has 152 valence electrons. The Morgan fingerprint density at radius 1 is 0.966 bits per heavy atom. The fraction of sp³-hybridized carbons (Fsp3) is 0.348. The summed E-state index contributed by atoms with van der Waals surface area (Å²) in [5.41, 5.74) is 0.884. The van der Waals surface area contributed by atoms with Gasteiger partial charge in [-0.15, -0.1) is 0 Å². The summed E-state index contributed by atoms with van der Waals surface area (Å²) < 4.78 is 17.0. The number of likely N-dealkylation sites (tertiary alicyclic amines) is 1. The third-order valence-corrected chi connectivity index (χ3v) is 5.76. The number of nitrogens with zero attached hydrogens (tertiary/aromatic N) is 1. The van der Waals surface area contributed by atoms with Crippen LogP contribution in [0, 0.1) is 0 Å². The second kappa shape index (κ2) is 8.37. The Bertz CT molecular complexity index is 1060. The summed E-state index contributed by atoms with van der Waals surface area (Å²) in [5.74, 6) is 1.43. The number of hydrogen-bond donors (Lipinski definition) is 0. The fourth-order valence-electron chi connectivity index (χ4n) is 4.04. The molecule has 1 amide bonds. The van der Waals surface area contributed by atoms with Gasteiger partial charge in [-0.25, -0.2) is 4.79 Å². The Morgan fingerprint density at radius 3 is 2.45 bits per heavy atom. The molecule has 0 radical (unpaired) electrons. The van der Waals surface area contributed by atoms with Crippen LogP contribution >= 0.6 is 11.6 Å². The average molecular weight is 414 g/mol. The topological polar surface area (TPSA) is 48.0 Å². The summed E-state index contributed by atoms with van der Waals surface area (Å²) in [5, 5.41) is 4.10. The highest BCUT2D eigenvalue weighted by atomic mass is 35.5. The molecule has 3 aromatic carbocycles. The first-order valence-corrected chi connectivity index (χ1v) is 10.2. The quantitative estimate of drug-likeness (QED) is 0.508. The molecule has 29 heavy (non-hydrogen) atoms. The molecule has 0 saturated carbocycles. The van der Waals surface area contributed by atoms with E-state index in [9.17, 15) is 4.79 Å². The monoisotopic (exact) mass is 413 g/mol. The first-order valence-electron chi connectivity index (χ1n) is 9.80. The highest BCUT2D eigenvalue weighted by molar-refractivity contribution is 6.37. The van der Waals surface area contributed by atoms with Crippen LogP contribution in [0.3, 0.4) is 0 Å². The van der Waals surface area contributed by atoms with E-state index in [-0.39, 0.29) is 12.7 Å². The molecule has 0 spiro atoms. The number of piperidine rings is 1. The van der Waals surface area contributed by atoms with Crippen molar-refractivity contribution in [2.75, 3.05) is 27.3 Å². The Balaban J connectivity index is 1.72. The molecule has 0 bridgehead atoms. The number of carbonyl (C=O) groups is 1. The van der Waals surface area contributed by atoms with Crippen molar-refractivity contribution in [2.24, 2.45) is 0 Å². The minimum absolute atomic E-state index is 0.206. The second-order valence-electron chi connectivity index (χ2n) is 7.21. The van der Waals surface area contributed by atoms with Gasteiger partial charge in [0.15, 0.2) is 0 Å². The Morgan fingerprint density at radius 2 is 1.72 bits per heavy atom. The van der Waals surface area contributed by atoms with E-state index in [1.54, 1.807) is 19.1 Å². The SMILES string of the molecule is COc1c2ccc(COC(=O)N3CCCCC3)cc2c(OC)c2c(Cl)cccc12. The molecule has 1 fully saturated rings. The van der Waals surface area contributed by atoms with Gasteiger partial charge in [-0.05, 0) is 37.0 Å². The third kappa shape index (κ3) is 3.67. The maximum atomic E-state index is 12.3. The fourth-order valence-corrected chi connectivity index (χ4v) is 4.30. The Labute approximate surface area is 175 Å². The summed E-state index contributed by atoms with van der Waals surface area (Å²) >= 11 is 6.49. The molecule has 0 unspecified atom stereocenters. The highest BCUT2D eigenvalue weighted by Gasteiger charge is 2.20. The lowest BCUT2D eigenvalue weighted by molar-refractivity contribution is 0.0895. The van der Waals surface area contributed by atoms with Crippen LogP contribution in [0.2, 0.25) is 5.02 Å². The Kier molecular flexibility index (Phi) is 5.67. The van der Waals surface area contributed by atoms with Gasteiger partial charge >= 0.3 is 6.09 Å². The van der Waals surface area contributed by atoms with E-state index in [1.807, 2.05) is 36.4 Å². The zero-order valence-electron chi connectivity index (χ0n) is 16.7. The lowest BCUT2D eigenvalue weighted by Crippen LogP contribution is -2.35. The average Bonchev–Trinajstić information content (AvgIpc) is 2.76. The van der Waals surface area contributed by atoms with Gasteiger partial charge in [-0.1, -0.05) is 35.9 Å². The summed E-state index contributed by atoms with van der Waals surface area (Å²) in [6.07, 6.45) is 2.99. The lowest BCUT2D eigenvalue weighted by atomic mass is 9.99. The molecule has 1 aliphatic rings. The van der Waals surface area contributed by atoms with Crippen LogP contribution in [0.5, 0.6) is 11.5 Å². The summed E-state index contributed by atoms with van der Waals surface area (Å²) in [6, 6.07) is 11.6. The molecule has 4 rings (SSSR count). The molecule has 0 atom stereocenters. The van der Waals surface area contributed by atoms with Gasteiger partial charge in [0, 0.05) is 34.6 Å². The van der Waals surface area contributed by atoms with E-state index >= 15 is 0 Å². The molecule has 0 aliphatic carbocycles. The molecule has 1 heterocycles. The Hall–Kier alpha value is -2.66. The van der Waals surface area contributed by atoms with Gasteiger partial charge < -0.3 is 19.1 Å². The maximum Gasteiger partial charge on any atom is 0.410 e. The molecule has 0 N–H and O–H groups in total. The van der Waals surface area contributed by atoms with Crippen molar-refractivity contribution < 1.29 is 19.0 Å². The number of carbonyl (C=O) groups excluding carboxylic acids is 1. The third-order valence-electron chi connectivity index (χ3n) is 5.44. The van der Waals surface area contributed by atoms with Gasteiger partial charge in [0.2, 0.25) is 0 Å². The van der Waals surface area contributed by atoms with Crippen LogP contribution in [0.4, 0.5) is 4.79 Å². The molecule has 5 nitrogen and oxygen atoms in total. The van der Waals surface area contributed by atoms with E-state index < -0.39 is 0 Å². The van der Waals surface area contributed by atoms with Crippen molar-refractivity contribution in [1.29, 1.82) is 0 Å². The van der Waals surface area contributed by atoms with E-state index in [1.165, 1.54) is 6.42 Å². The van der Waals surface area contributed by atoms with Gasteiger partial charge in [0.25, 0.3) is 0 Å². The maximum absolute atomic E-state index is 12.3. The highest BCUT2D eigenvalue weighted by Crippen LogP contribution is 2.45. The number of methoxy groups -OCH3 is 2. The van der Waals surface area contributed by atoms with Crippen molar-refractivity contribution >= 4 is 39.2 Å². The first kappa shape index (κ1) is 19.6. The largest absolute Gasteiger partial charge is 0.495 e. The van der Waals surface area contributed by atoms with Crippen molar-refractivity contribution in [3.05, 3.63) is 47.0 Å².